The number of nitrogens with one attached hydrogen (secondary N) is 2. The quantitative estimate of drug-likeness (QED) is 0.697. The molecule has 0 fully saturated rings. The van der Waals surface area contributed by atoms with Crippen LogP contribution in [0.5, 0.6) is 0 Å². The Morgan fingerprint density at radius 2 is 2.33 bits per heavy atom. The van der Waals surface area contributed by atoms with Gasteiger partial charge in [0.1, 0.15) is 0 Å². The third-order valence-corrected chi connectivity index (χ3v) is 2.55. The lowest BCUT2D eigenvalue weighted by atomic mass is 9.98. The Balaban J connectivity index is 2.24. The molecule has 80 valence electrons. The van der Waals surface area contributed by atoms with Crippen molar-refractivity contribution >= 4 is 5.91 Å². The number of carbonyl (C=O) groups is 1. The number of hydrogen-bond acceptors (Lipinski definition) is 3. The van der Waals surface area contributed by atoms with Gasteiger partial charge >= 0.3 is 0 Å². The molecule has 0 aliphatic carbocycles. The molecule has 0 unspecified atom stereocenters. The molecule has 15 heavy (non-hydrogen) atoms. The molecule has 0 spiro atoms. The van der Waals surface area contributed by atoms with Crippen molar-refractivity contribution in [2.75, 3.05) is 13.7 Å². The molecule has 0 radical (unpaired) electrons. The van der Waals surface area contributed by atoms with E-state index in [1.807, 2.05) is 18.2 Å². The fraction of sp³-hybridized carbons (Fsp3) is 0.364. The van der Waals surface area contributed by atoms with Gasteiger partial charge in [0.2, 0.25) is 0 Å². The molecule has 4 nitrogen and oxygen atoms in total. The highest BCUT2D eigenvalue weighted by atomic mass is 16.6. The Hall–Kier alpha value is -1.39. The van der Waals surface area contributed by atoms with Gasteiger partial charge in [0.05, 0.1) is 7.11 Å². The number of hydrogen-bond donors (Lipinski definition) is 2. The number of carbonyl (C=O) groups excluding carboxylic acids is 1. The summed E-state index contributed by atoms with van der Waals surface area (Å²) in [4.78, 5) is 16.1. The maximum atomic E-state index is 11.5. The van der Waals surface area contributed by atoms with Crippen LogP contribution in [0.15, 0.2) is 18.2 Å². The molecule has 0 bridgehead atoms. The molecule has 0 saturated carbocycles. The fourth-order valence-corrected chi connectivity index (χ4v) is 1.77. The molecule has 0 saturated heterocycles. The summed E-state index contributed by atoms with van der Waals surface area (Å²) in [5.41, 5.74) is 5.47. The minimum atomic E-state index is -0.203. The van der Waals surface area contributed by atoms with Crippen LogP contribution >= 0.6 is 0 Å². The number of rotatable bonds is 2. The largest absolute Gasteiger partial charge is 0.312 e. The zero-order chi connectivity index (χ0) is 10.7. The lowest BCUT2D eigenvalue weighted by Crippen LogP contribution is -2.25. The molecule has 1 amide bonds. The molecule has 1 aliphatic heterocycles. The third kappa shape index (κ3) is 2.16. The van der Waals surface area contributed by atoms with Crippen LogP contribution in [0.4, 0.5) is 0 Å². The lowest BCUT2D eigenvalue weighted by Gasteiger charge is -2.17. The third-order valence-electron chi connectivity index (χ3n) is 2.55. The van der Waals surface area contributed by atoms with Gasteiger partial charge < -0.3 is 5.32 Å². The first-order valence-electron chi connectivity index (χ1n) is 4.97. The Labute approximate surface area is 88.6 Å². The molecule has 1 aromatic rings. The molecular weight excluding hydrogens is 192 g/mol. The maximum absolute atomic E-state index is 11.5. The predicted molar refractivity (Wildman–Crippen MR) is 56.3 cm³/mol. The molecule has 1 aliphatic rings. The van der Waals surface area contributed by atoms with Gasteiger partial charge in [0.15, 0.2) is 0 Å². The second-order valence-corrected chi connectivity index (χ2v) is 3.55. The highest BCUT2D eigenvalue weighted by molar-refractivity contribution is 5.93. The van der Waals surface area contributed by atoms with Gasteiger partial charge in [-0.25, -0.2) is 5.48 Å². The summed E-state index contributed by atoms with van der Waals surface area (Å²) in [6, 6.07) is 5.76. The zero-order valence-corrected chi connectivity index (χ0v) is 8.67. The second-order valence-electron chi connectivity index (χ2n) is 3.55. The summed E-state index contributed by atoms with van der Waals surface area (Å²) in [6.07, 6.45) is 1.03. The Bertz CT molecular complexity index is 377. The SMILES string of the molecule is CONC(=O)c1ccc2c(c1)CNCC2. The molecule has 1 heterocycles. The summed E-state index contributed by atoms with van der Waals surface area (Å²) in [5.74, 6) is -0.203. The van der Waals surface area contributed by atoms with Crippen molar-refractivity contribution in [3.63, 3.8) is 0 Å². The lowest BCUT2D eigenvalue weighted by molar-refractivity contribution is 0.0537. The maximum Gasteiger partial charge on any atom is 0.274 e. The van der Waals surface area contributed by atoms with Crippen LogP contribution in [0.1, 0.15) is 21.5 Å². The van der Waals surface area contributed by atoms with Crippen molar-refractivity contribution in [3.05, 3.63) is 34.9 Å². The molecular formula is C11H14N2O2. The van der Waals surface area contributed by atoms with Crippen molar-refractivity contribution in [3.8, 4) is 0 Å². The van der Waals surface area contributed by atoms with Crippen molar-refractivity contribution in [2.45, 2.75) is 13.0 Å². The summed E-state index contributed by atoms with van der Waals surface area (Å²) >= 11 is 0. The van der Waals surface area contributed by atoms with E-state index in [1.54, 1.807) is 0 Å². The minimum Gasteiger partial charge on any atom is -0.312 e. The summed E-state index contributed by atoms with van der Waals surface area (Å²) in [6.45, 7) is 1.85. The van der Waals surface area contributed by atoms with E-state index in [9.17, 15) is 4.79 Å². The molecule has 2 N–H and O–H groups in total. The first-order valence-corrected chi connectivity index (χ1v) is 4.97. The molecule has 0 atom stereocenters. The monoisotopic (exact) mass is 206 g/mol. The van der Waals surface area contributed by atoms with E-state index in [2.05, 4.69) is 15.6 Å². The highest BCUT2D eigenvalue weighted by Gasteiger charge is 2.11. The van der Waals surface area contributed by atoms with Crippen LogP contribution in [0, 0.1) is 0 Å². The van der Waals surface area contributed by atoms with Crippen LogP contribution in [-0.2, 0) is 17.8 Å². The van der Waals surface area contributed by atoms with Crippen molar-refractivity contribution in [2.24, 2.45) is 0 Å². The van der Waals surface area contributed by atoms with Gasteiger partial charge in [-0.15, -0.1) is 0 Å². The van der Waals surface area contributed by atoms with Gasteiger partial charge in [0, 0.05) is 12.1 Å². The van der Waals surface area contributed by atoms with Gasteiger partial charge in [-0.2, -0.15) is 0 Å². The van der Waals surface area contributed by atoms with Gasteiger partial charge in [-0.05, 0) is 36.2 Å². The highest BCUT2D eigenvalue weighted by Crippen LogP contribution is 2.15. The van der Waals surface area contributed by atoms with Crippen LogP contribution < -0.4 is 10.8 Å². The van der Waals surface area contributed by atoms with Gasteiger partial charge in [-0.1, -0.05) is 6.07 Å². The van der Waals surface area contributed by atoms with Crippen molar-refractivity contribution in [1.82, 2.24) is 10.8 Å². The molecule has 4 heteroatoms. The smallest absolute Gasteiger partial charge is 0.274 e. The van der Waals surface area contributed by atoms with E-state index in [4.69, 9.17) is 0 Å². The number of benzene rings is 1. The van der Waals surface area contributed by atoms with E-state index in [-0.39, 0.29) is 5.91 Å². The topological polar surface area (TPSA) is 50.4 Å². The summed E-state index contributed by atoms with van der Waals surface area (Å²) in [5, 5.41) is 3.28. The normalized spacial score (nSPS) is 14.5. The van der Waals surface area contributed by atoms with E-state index >= 15 is 0 Å². The van der Waals surface area contributed by atoms with E-state index in [0.717, 1.165) is 19.5 Å². The standard InChI is InChI=1S/C11H14N2O2/c1-15-13-11(14)9-3-2-8-4-5-12-7-10(8)6-9/h2-3,6,12H,4-5,7H2,1H3,(H,13,14). The van der Waals surface area contributed by atoms with Crippen molar-refractivity contribution < 1.29 is 9.63 Å². The van der Waals surface area contributed by atoms with Crippen molar-refractivity contribution in [1.29, 1.82) is 0 Å². The average molecular weight is 206 g/mol. The molecule has 0 aromatic heterocycles. The van der Waals surface area contributed by atoms with Crippen LogP contribution in [0.25, 0.3) is 0 Å². The van der Waals surface area contributed by atoms with Gasteiger partial charge in [0.25, 0.3) is 5.91 Å². The zero-order valence-electron chi connectivity index (χ0n) is 8.67. The first kappa shape index (κ1) is 10.1. The van der Waals surface area contributed by atoms with Crippen LogP contribution in [0.2, 0.25) is 0 Å². The average Bonchev–Trinajstić information content (AvgIpc) is 2.29. The minimum absolute atomic E-state index is 0.203. The summed E-state index contributed by atoms with van der Waals surface area (Å²) < 4.78 is 0. The fourth-order valence-electron chi connectivity index (χ4n) is 1.77. The second kappa shape index (κ2) is 4.42. The first-order chi connectivity index (χ1) is 7.31. The van der Waals surface area contributed by atoms with E-state index < -0.39 is 0 Å². The molecule has 1 aromatic carbocycles. The van der Waals surface area contributed by atoms with E-state index in [1.165, 1.54) is 18.2 Å². The Morgan fingerprint density at radius 3 is 3.13 bits per heavy atom. The number of amides is 1. The van der Waals surface area contributed by atoms with Crippen LogP contribution in [-0.4, -0.2) is 19.6 Å². The Morgan fingerprint density at radius 1 is 1.47 bits per heavy atom. The molecule has 2 rings (SSSR count). The predicted octanol–water partition coefficient (Wildman–Crippen LogP) is 0.623. The Kier molecular flexibility index (Phi) is 2.99. The van der Waals surface area contributed by atoms with E-state index in [0.29, 0.717) is 5.56 Å². The van der Waals surface area contributed by atoms with Crippen LogP contribution in [0.3, 0.4) is 0 Å². The summed E-state index contributed by atoms with van der Waals surface area (Å²) in [7, 11) is 1.43. The van der Waals surface area contributed by atoms with Gasteiger partial charge in [-0.3, -0.25) is 9.63 Å². The number of fused-ring (bicyclic) bond motifs is 1. The number of hydroxylamine groups is 1.